The van der Waals surface area contributed by atoms with Gasteiger partial charge in [0.05, 0.1) is 6.26 Å². The van der Waals surface area contributed by atoms with Crippen molar-refractivity contribution in [2.45, 2.75) is 25.7 Å². The predicted octanol–water partition coefficient (Wildman–Crippen LogP) is 3.78. The molecule has 1 aliphatic heterocycles. The van der Waals surface area contributed by atoms with Gasteiger partial charge in [-0.1, -0.05) is 42.5 Å². The van der Waals surface area contributed by atoms with E-state index in [1.165, 1.54) is 4.68 Å². The summed E-state index contributed by atoms with van der Waals surface area (Å²) in [6.07, 6.45) is 1.16. The van der Waals surface area contributed by atoms with E-state index in [1.807, 2.05) is 55.5 Å². The molecule has 35 heavy (non-hydrogen) atoms. The van der Waals surface area contributed by atoms with Gasteiger partial charge in [0, 0.05) is 18.5 Å². The number of carbonyl (C=O) groups excluding carboxylic acids is 2. The Labute approximate surface area is 202 Å². The first kappa shape index (κ1) is 22.4. The highest BCUT2D eigenvalue weighted by Gasteiger charge is 2.30. The summed E-state index contributed by atoms with van der Waals surface area (Å²) in [7, 11) is 0. The van der Waals surface area contributed by atoms with Gasteiger partial charge in [0.1, 0.15) is 17.3 Å². The quantitative estimate of drug-likeness (QED) is 0.378. The number of nitrogens with one attached hydrogen (secondary N) is 3. The van der Waals surface area contributed by atoms with Crippen molar-refractivity contribution >= 4 is 17.6 Å². The molecule has 2 unspecified atom stereocenters. The number of hydrogen-bond donors (Lipinski definition) is 3. The van der Waals surface area contributed by atoms with E-state index in [2.05, 4.69) is 21.0 Å². The van der Waals surface area contributed by atoms with Gasteiger partial charge in [-0.05, 0) is 42.3 Å². The number of anilines is 1. The van der Waals surface area contributed by atoms with E-state index in [1.54, 1.807) is 30.5 Å². The molecule has 5 rings (SSSR count). The second kappa shape index (κ2) is 9.86. The van der Waals surface area contributed by atoms with E-state index in [4.69, 9.17) is 9.15 Å². The van der Waals surface area contributed by atoms with Crippen molar-refractivity contribution in [1.82, 2.24) is 20.4 Å². The predicted molar refractivity (Wildman–Crippen MR) is 129 cm³/mol. The Bertz CT molecular complexity index is 1320. The zero-order valence-electron chi connectivity index (χ0n) is 19.1. The van der Waals surface area contributed by atoms with Crippen LogP contribution in [0.15, 0.2) is 83.5 Å². The van der Waals surface area contributed by atoms with Crippen LogP contribution < -0.4 is 20.7 Å². The van der Waals surface area contributed by atoms with Gasteiger partial charge in [0.15, 0.2) is 18.7 Å². The van der Waals surface area contributed by atoms with E-state index >= 15 is 0 Å². The SMILES string of the molecule is Cc1cccc(OCC(=O)Nc2cc(-c3ccco3)nn2C2NC(=O)CC(c3ccccc3)N2)c1. The number of aryl methyl sites for hydroxylation is 1. The first-order valence-electron chi connectivity index (χ1n) is 11.3. The van der Waals surface area contributed by atoms with E-state index in [-0.39, 0.29) is 24.5 Å². The molecule has 3 N–H and O–H groups in total. The van der Waals surface area contributed by atoms with E-state index in [0.29, 0.717) is 29.4 Å². The molecule has 1 fully saturated rings. The first-order chi connectivity index (χ1) is 17.0. The molecule has 0 spiro atoms. The van der Waals surface area contributed by atoms with Gasteiger partial charge in [-0.15, -0.1) is 0 Å². The summed E-state index contributed by atoms with van der Waals surface area (Å²) >= 11 is 0. The van der Waals surface area contributed by atoms with Crippen LogP contribution in [0, 0.1) is 6.92 Å². The summed E-state index contributed by atoms with van der Waals surface area (Å²) in [5.41, 5.74) is 2.54. The van der Waals surface area contributed by atoms with Crippen molar-refractivity contribution in [2.24, 2.45) is 0 Å². The normalized spacial score (nSPS) is 17.6. The molecule has 4 aromatic rings. The van der Waals surface area contributed by atoms with Crippen LogP contribution in [-0.4, -0.2) is 28.2 Å². The van der Waals surface area contributed by atoms with Crippen LogP contribution in [0.4, 0.5) is 5.82 Å². The monoisotopic (exact) mass is 471 g/mol. The van der Waals surface area contributed by atoms with Crippen LogP contribution in [-0.2, 0) is 9.59 Å². The molecule has 0 saturated carbocycles. The fraction of sp³-hybridized carbons (Fsp3) is 0.192. The molecule has 1 saturated heterocycles. The molecule has 3 heterocycles. The molecule has 0 bridgehead atoms. The van der Waals surface area contributed by atoms with Crippen LogP contribution in [0.2, 0.25) is 0 Å². The van der Waals surface area contributed by atoms with Crippen molar-refractivity contribution in [3.8, 4) is 17.2 Å². The summed E-state index contributed by atoms with van der Waals surface area (Å²) in [5, 5.41) is 13.8. The van der Waals surface area contributed by atoms with Gasteiger partial charge in [0.2, 0.25) is 5.91 Å². The van der Waals surface area contributed by atoms with Crippen molar-refractivity contribution in [2.75, 3.05) is 11.9 Å². The number of amides is 2. The van der Waals surface area contributed by atoms with Gasteiger partial charge in [-0.3, -0.25) is 14.9 Å². The third-order valence-electron chi connectivity index (χ3n) is 5.63. The Morgan fingerprint density at radius 2 is 2.00 bits per heavy atom. The number of ether oxygens (including phenoxy) is 1. The van der Waals surface area contributed by atoms with Crippen LogP contribution >= 0.6 is 0 Å². The van der Waals surface area contributed by atoms with Gasteiger partial charge in [-0.25, -0.2) is 4.68 Å². The Kier molecular flexibility index (Phi) is 6.32. The number of hydrogen-bond acceptors (Lipinski definition) is 6. The second-order valence-corrected chi connectivity index (χ2v) is 8.29. The minimum Gasteiger partial charge on any atom is -0.484 e. The first-order valence-corrected chi connectivity index (χ1v) is 11.3. The van der Waals surface area contributed by atoms with Crippen molar-refractivity contribution in [3.05, 3.63) is 90.2 Å². The van der Waals surface area contributed by atoms with Crippen LogP contribution in [0.1, 0.15) is 29.9 Å². The average Bonchev–Trinajstić information content (AvgIpc) is 3.53. The molecule has 178 valence electrons. The molecular weight excluding hydrogens is 446 g/mol. The van der Waals surface area contributed by atoms with Gasteiger partial charge < -0.3 is 19.8 Å². The molecule has 2 aromatic heterocycles. The minimum absolute atomic E-state index is 0.127. The third-order valence-corrected chi connectivity index (χ3v) is 5.63. The standard InChI is InChI=1S/C26H25N5O4/c1-17-7-5-10-19(13-17)35-16-25(33)28-23-14-21(22-11-6-12-34-22)30-31(23)26-27-20(15-24(32)29-26)18-8-3-2-4-9-18/h2-14,20,26-27H,15-16H2,1H3,(H,28,33)(H,29,32). The average molecular weight is 472 g/mol. The largest absolute Gasteiger partial charge is 0.484 e. The van der Waals surface area contributed by atoms with Gasteiger partial charge in [0.25, 0.3) is 5.91 Å². The van der Waals surface area contributed by atoms with Gasteiger partial charge >= 0.3 is 0 Å². The molecule has 0 radical (unpaired) electrons. The second-order valence-electron chi connectivity index (χ2n) is 8.29. The lowest BCUT2D eigenvalue weighted by Gasteiger charge is -2.32. The zero-order chi connectivity index (χ0) is 24.2. The molecule has 2 atom stereocenters. The minimum atomic E-state index is -0.682. The Balaban J connectivity index is 1.38. The van der Waals surface area contributed by atoms with E-state index in [0.717, 1.165) is 11.1 Å². The lowest BCUT2D eigenvalue weighted by atomic mass is 10.0. The molecular formula is C26H25N5O4. The summed E-state index contributed by atoms with van der Waals surface area (Å²) in [6.45, 7) is 1.78. The fourth-order valence-corrected chi connectivity index (χ4v) is 3.98. The topological polar surface area (TPSA) is 110 Å². The molecule has 1 aliphatic rings. The van der Waals surface area contributed by atoms with Gasteiger partial charge in [-0.2, -0.15) is 5.10 Å². The highest BCUT2D eigenvalue weighted by molar-refractivity contribution is 5.91. The summed E-state index contributed by atoms with van der Waals surface area (Å²) in [4.78, 5) is 25.3. The fourth-order valence-electron chi connectivity index (χ4n) is 3.98. The van der Waals surface area contributed by atoms with Crippen LogP contribution in [0.5, 0.6) is 5.75 Å². The van der Waals surface area contributed by atoms with Crippen molar-refractivity contribution in [3.63, 3.8) is 0 Å². The lowest BCUT2D eigenvalue weighted by molar-refractivity contribution is -0.125. The highest BCUT2D eigenvalue weighted by Crippen LogP contribution is 2.28. The highest BCUT2D eigenvalue weighted by atomic mass is 16.5. The lowest BCUT2D eigenvalue weighted by Crippen LogP contribution is -2.50. The van der Waals surface area contributed by atoms with E-state index in [9.17, 15) is 9.59 Å². The van der Waals surface area contributed by atoms with Crippen molar-refractivity contribution in [1.29, 1.82) is 0 Å². The number of benzene rings is 2. The molecule has 2 amide bonds. The number of furan rings is 1. The number of carbonyl (C=O) groups is 2. The molecule has 9 heteroatoms. The Morgan fingerprint density at radius 1 is 1.14 bits per heavy atom. The summed E-state index contributed by atoms with van der Waals surface area (Å²) < 4.78 is 12.7. The van der Waals surface area contributed by atoms with E-state index < -0.39 is 6.29 Å². The smallest absolute Gasteiger partial charge is 0.263 e. The van der Waals surface area contributed by atoms with Crippen molar-refractivity contribution < 1.29 is 18.7 Å². The Hall–Kier alpha value is -4.37. The maximum absolute atomic E-state index is 12.7. The van der Waals surface area contributed by atoms with Crippen LogP contribution in [0.3, 0.4) is 0 Å². The number of rotatable bonds is 7. The van der Waals surface area contributed by atoms with Crippen LogP contribution in [0.25, 0.3) is 11.5 Å². The maximum atomic E-state index is 12.7. The summed E-state index contributed by atoms with van der Waals surface area (Å²) in [5.74, 6) is 1.05. The molecule has 2 aromatic carbocycles. The Morgan fingerprint density at radius 3 is 2.77 bits per heavy atom. The molecule has 0 aliphatic carbocycles. The molecule has 9 nitrogen and oxygen atoms in total. The number of aromatic nitrogens is 2. The maximum Gasteiger partial charge on any atom is 0.263 e. The zero-order valence-corrected chi connectivity index (χ0v) is 19.1. The number of nitrogens with zero attached hydrogens (tertiary/aromatic N) is 2. The summed E-state index contributed by atoms with van der Waals surface area (Å²) in [6, 6.07) is 22.2. The third kappa shape index (κ3) is 5.25.